The predicted octanol–water partition coefficient (Wildman–Crippen LogP) is 4.95. The molecule has 1 aliphatic rings. The Kier molecular flexibility index (Phi) is 10.0. The molecule has 3 aromatic rings. The fraction of sp³-hybridized carbons (Fsp3) is 0.300. The molecule has 4 rings (SSSR count). The number of amidine groups is 1. The van der Waals surface area contributed by atoms with Crippen molar-refractivity contribution in [3.8, 4) is 11.5 Å². The molecular formula is C30H34ClN5O5. The number of ether oxygens (including phenoxy) is 2. The van der Waals surface area contributed by atoms with E-state index in [2.05, 4.69) is 15.5 Å². The SMILES string of the molecule is CCOc1cc(CN2CCCC2)cc(CNc2ccc(Cl)cc2C(=O)Nc2ccc(C(=N)N)cc2)c1OCC(=O)O. The molecule has 1 heterocycles. The minimum Gasteiger partial charge on any atom is -0.490 e. The monoisotopic (exact) mass is 579 g/mol. The van der Waals surface area contributed by atoms with Crippen molar-refractivity contribution in [2.75, 3.05) is 36.9 Å². The lowest BCUT2D eigenvalue weighted by molar-refractivity contribution is -0.139. The number of nitrogens with one attached hydrogen (secondary N) is 3. The van der Waals surface area contributed by atoms with Gasteiger partial charge in [-0.15, -0.1) is 0 Å². The van der Waals surface area contributed by atoms with E-state index in [1.54, 1.807) is 42.5 Å². The number of nitrogen functional groups attached to an aromatic ring is 1. The van der Waals surface area contributed by atoms with Gasteiger partial charge in [-0.25, -0.2) is 4.79 Å². The van der Waals surface area contributed by atoms with Gasteiger partial charge in [0.05, 0.1) is 12.2 Å². The summed E-state index contributed by atoms with van der Waals surface area (Å²) in [4.78, 5) is 26.9. The fourth-order valence-electron chi connectivity index (χ4n) is 4.69. The van der Waals surface area contributed by atoms with Crippen molar-refractivity contribution in [2.45, 2.75) is 32.9 Å². The minimum absolute atomic E-state index is 0.0621. The summed E-state index contributed by atoms with van der Waals surface area (Å²) in [6.45, 7) is 4.75. The first-order valence-electron chi connectivity index (χ1n) is 13.4. The Morgan fingerprint density at radius 1 is 1.07 bits per heavy atom. The number of rotatable bonds is 13. The van der Waals surface area contributed by atoms with Gasteiger partial charge < -0.3 is 30.9 Å². The molecule has 0 spiro atoms. The summed E-state index contributed by atoms with van der Waals surface area (Å²) in [5.41, 5.74) is 9.17. The number of nitrogens with two attached hydrogens (primary N) is 1. The second kappa shape index (κ2) is 13.9. The number of aliphatic carboxylic acids is 1. The molecule has 6 N–H and O–H groups in total. The van der Waals surface area contributed by atoms with Crippen LogP contribution in [0.5, 0.6) is 11.5 Å². The highest BCUT2D eigenvalue weighted by Crippen LogP contribution is 2.35. The molecule has 3 aromatic carbocycles. The third kappa shape index (κ3) is 8.12. The standard InChI is InChI=1S/C30H34ClN5O5/c1-2-40-26-14-19(17-36-11-3-4-12-36)13-21(28(26)41-18-27(37)38)16-34-25-10-7-22(31)15-24(25)30(39)35-23-8-5-20(6-9-23)29(32)33/h5-10,13-15,34H,2-4,11-12,16-18H2,1H3,(H3,32,33)(H,35,39)(H,37,38). The van der Waals surface area contributed by atoms with Crippen molar-refractivity contribution in [3.05, 3.63) is 81.9 Å². The molecule has 10 nitrogen and oxygen atoms in total. The number of hydrogen-bond acceptors (Lipinski definition) is 7. The average molecular weight is 580 g/mol. The zero-order chi connectivity index (χ0) is 29.4. The molecular weight excluding hydrogens is 546 g/mol. The van der Waals surface area contributed by atoms with E-state index < -0.39 is 12.6 Å². The summed E-state index contributed by atoms with van der Waals surface area (Å²) in [7, 11) is 0. The number of anilines is 2. The first kappa shape index (κ1) is 29.7. The van der Waals surface area contributed by atoms with E-state index in [0.717, 1.165) is 38.0 Å². The number of likely N-dealkylation sites (tertiary alicyclic amines) is 1. The lowest BCUT2D eigenvalue weighted by Gasteiger charge is -2.21. The van der Waals surface area contributed by atoms with E-state index in [1.165, 1.54) is 0 Å². The molecule has 0 bridgehead atoms. The smallest absolute Gasteiger partial charge is 0.341 e. The molecule has 1 aliphatic heterocycles. The van der Waals surface area contributed by atoms with Gasteiger partial charge in [-0.2, -0.15) is 0 Å². The van der Waals surface area contributed by atoms with Crippen molar-refractivity contribution < 1.29 is 24.2 Å². The fourth-order valence-corrected chi connectivity index (χ4v) is 4.86. The van der Waals surface area contributed by atoms with Crippen LogP contribution in [0.2, 0.25) is 5.02 Å². The van der Waals surface area contributed by atoms with Crippen LogP contribution in [0.25, 0.3) is 0 Å². The van der Waals surface area contributed by atoms with Crippen LogP contribution in [0.1, 0.15) is 46.8 Å². The van der Waals surface area contributed by atoms with Crippen molar-refractivity contribution in [1.82, 2.24) is 4.90 Å². The molecule has 0 saturated carbocycles. The minimum atomic E-state index is -1.10. The highest BCUT2D eigenvalue weighted by molar-refractivity contribution is 6.31. The number of carbonyl (C=O) groups excluding carboxylic acids is 1. The molecule has 0 aromatic heterocycles. The Morgan fingerprint density at radius 2 is 1.80 bits per heavy atom. The van der Waals surface area contributed by atoms with E-state index in [4.69, 9.17) is 32.2 Å². The van der Waals surface area contributed by atoms with Gasteiger partial charge in [-0.05, 0) is 93.0 Å². The molecule has 41 heavy (non-hydrogen) atoms. The summed E-state index contributed by atoms with van der Waals surface area (Å²) in [6.07, 6.45) is 2.32. The van der Waals surface area contributed by atoms with Gasteiger partial charge >= 0.3 is 5.97 Å². The summed E-state index contributed by atoms with van der Waals surface area (Å²) >= 11 is 6.25. The molecule has 1 amide bonds. The van der Waals surface area contributed by atoms with Gasteiger partial charge in [0.2, 0.25) is 0 Å². The maximum Gasteiger partial charge on any atom is 0.341 e. The first-order chi connectivity index (χ1) is 19.7. The number of carboxylic acids is 1. The zero-order valence-corrected chi connectivity index (χ0v) is 23.6. The number of benzene rings is 3. The largest absolute Gasteiger partial charge is 0.490 e. The summed E-state index contributed by atoms with van der Waals surface area (Å²) < 4.78 is 11.6. The van der Waals surface area contributed by atoms with Crippen LogP contribution in [0.15, 0.2) is 54.6 Å². The lowest BCUT2D eigenvalue weighted by atomic mass is 10.1. The molecule has 1 saturated heterocycles. The Bertz CT molecular complexity index is 1410. The molecule has 216 valence electrons. The Labute approximate surface area is 243 Å². The van der Waals surface area contributed by atoms with Crippen molar-refractivity contribution >= 4 is 40.7 Å². The number of amides is 1. The van der Waals surface area contributed by atoms with Gasteiger partial charge in [0.25, 0.3) is 5.91 Å². The summed E-state index contributed by atoms with van der Waals surface area (Å²) in [6, 6.07) is 15.5. The van der Waals surface area contributed by atoms with Gasteiger partial charge in [-0.1, -0.05) is 11.6 Å². The second-order valence-electron chi connectivity index (χ2n) is 9.67. The number of halogens is 1. The Morgan fingerprint density at radius 3 is 2.46 bits per heavy atom. The number of carbonyl (C=O) groups is 2. The topological polar surface area (TPSA) is 150 Å². The molecule has 0 unspecified atom stereocenters. The zero-order valence-electron chi connectivity index (χ0n) is 22.8. The maximum absolute atomic E-state index is 13.3. The maximum atomic E-state index is 13.3. The Hall–Kier alpha value is -4.28. The van der Waals surface area contributed by atoms with E-state index in [-0.39, 0.29) is 18.3 Å². The number of nitrogens with zero attached hydrogens (tertiary/aromatic N) is 1. The van der Waals surface area contributed by atoms with Gasteiger partial charge in [0.1, 0.15) is 5.84 Å². The highest BCUT2D eigenvalue weighted by atomic mass is 35.5. The Balaban J connectivity index is 1.60. The predicted molar refractivity (Wildman–Crippen MR) is 159 cm³/mol. The van der Waals surface area contributed by atoms with Gasteiger partial charge in [-0.3, -0.25) is 15.1 Å². The third-order valence-electron chi connectivity index (χ3n) is 6.59. The van der Waals surface area contributed by atoms with E-state index in [9.17, 15) is 14.7 Å². The van der Waals surface area contributed by atoms with Gasteiger partial charge in [0.15, 0.2) is 18.1 Å². The van der Waals surface area contributed by atoms with Crippen molar-refractivity contribution in [1.29, 1.82) is 5.41 Å². The first-order valence-corrected chi connectivity index (χ1v) is 13.8. The van der Waals surface area contributed by atoms with Gasteiger partial charge in [0, 0.05) is 40.6 Å². The van der Waals surface area contributed by atoms with E-state index in [1.807, 2.05) is 19.1 Å². The molecule has 11 heteroatoms. The summed E-state index contributed by atoms with van der Waals surface area (Å²) in [5.74, 6) is -0.720. The molecule has 0 radical (unpaired) electrons. The van der Waals surface area contributed by atoms with Crippen LogP contribution in [0.3, 0.4) is 0 Å². The number of carboxylic acid groups (broad SMARTS) is 1. The summed E-state index contributed by atoms with van der Waals surface area (Å²) in [5, 5.41) is 23.3. The van der Waals surface area contributed by atoms with Crippen molar-refractivity contribution in [2.24, 2.45) is 5.73 Å². The van der Waals surface area contributed by atoms with E-state index in [0.29, 0.717) is 51.2 Å². The average Bonchev–Trinajstić information content (AvgIpc) is 3.45. The van der Waals surface area contributed by atoms with Crippen LogP contribution < -0.4 is 25.8 Å². The molecule has 1 fully saturated rings. The lowest BCUT2D eigenvalue weighted by Crippen LogP contribution is -2.19. The molecule has 0 atom stereocenters. The van der Waals surface area contributed by atoms with Crippen LogP contribution in [-0.4, -0.2) is 54.0 Å². The van der Waals surface area contributed by atoms with E-state index >= 15 is 0 Å². The second-order valence-corrected chi connectivity index (χ2v) is 10.1. The van der Waals surface area contributed by atoms with Crippen LogP contribution in [-0.2, 0) is 17.9 Å². The molecule has 0 aliphatic carbocycles. The number of hydrogen-bond donors (Lipinski definition) is 5. The van der Waals surface area contributed by atoms with Crippen molar-refractivity contribution in [3.63, 3.8) is 0 Å². The third-order valence-corrected chi connectivity index (χ3v) is 6.82. The highest BCUT2D eigenvalue weighted by Gasteiger charge is 2.20. The van der Waals surface area contributed by atoms with Crippen LogP contribution >= 0.6 is 11.6 Å². The van der Waals surface area contributed by atoms with Crippen LogP contribution in [0, 0.1) is 5.41 Å². The van der Waals surface area contributed by atoms with Crippen LogP contribution in [0.4, 0.5) is 11.4 Å². The normalized spacial score (nSPS) is 13.0. The quantitative estimate of drug-likeness (QED) is 0.141.